The molecule has 0 unspecified atom stereocenters. The molecular weight excluding hydrogens is 198 g/mol. The summed E-state index contributed by atoms with van der Waals surface area (Å²) >= 11 is 5.12. The number of nitrogens with zero attached hydrogens (tertiary/aromatic N) is 1. The van der Waals surface area contributed by atoms with Gasteiger partial charge in [-0.3, -0.25) is 4.79 Å². The molecule has 1 heterocycles. The van der Waals surface area contributed by atoms with Crippen molar-refractivity contribution in [2.45, 2.75) is 6.92 Å². The van der Waals surface area contributed by atoms with E-state index < -0.39 is 11.2 Å². The summed E-state index contributed by atoms with van der Waals surface area (Å²) in [5.41, 5.74) is -0.276. The van der Waals surface area contributed by atoms with Crippen molar-refractivity contribution >= 4 is 22.8 Å². The van der Waals surface area contributed by atoms with Gasteiger partial charge in [0.25, 0.3) is 5.24 Å². The number of carbonyl (C=O) groups excluding carboxylic acids is 2. The van der Waals surface area contributed by atoms with Crippen LogP contribution in [0.2, 0.25) is 0 Å². The summed E-state index contributed by atoms with van der Waals surface area (Å²) < 4.78 is 9.05. The van der Waals surface area contributed by atoms with Crippen LogP contribution in [0.15, 0.2) is 10.8 Å². The Labute approximate surface area is 78.6 Å². The van der Waals surface area contributed by atoms with Crippen LogP contribution in [0, 0.1) is 0 Å². The molecule has 0 aromatic carbocycles. The fraction of sp³-hybridized carbons (Fsp3) is 0.286. The third-order valence-corrected chi connectivity index (χ3v) is 1.43. The van der Waals surface area contributed by atoms with Crippen molar-refractivity contribution in [1.82, 2.24) is 5.16 Å². The summed E-state index contributed by atoms with van der Waals surface area (Å²) in [4.78, 5) is 21.8. The molecule has 0 aliphatic rings. The van der Waals surface area contributed by atoms with Gasteiger partial charge in [0.05, 0.1) is 6.61 Å². The average Bonchev–Trinajstić information content (AvgIpc) is 2.52. The normalized spacial score (nSPS) is 9.69. The van der Waals surface area contributed by atoms with E-state index >= 15 is 0 Å². The van der Waals surface area contributed by atoms with Crippen LogP contribution < -0.4 is 0 Å². The number of halogens is 1. The van der Waals surface area contributed by atoms with E-state index in [0.717, 1.165) is 6.26 Å². The van der Waals surface area contributed by atoms with Gasteiger partial charge in [0.1, 0.15) is 11.8 Å². The Balaban J connectivity index is 2.93. The number of ether oxygens (including phenoxy) is 1. The molecule has 0 bridgehead atoms. The van der Waals surface area contributed by atoms with Gasteiger partial charge < -0.3 is 9.26 Å². The van der Waals surface area contributed by atoms with Crippen LogP contribution in [0.25, 0.3) is 0 Å². The summed E-state index contributed by atoms with van der Waals surface area (Å²) in [6, 6.07) is 0. The Bertz CT molecular complexity index is 333. The third-order valence-electron chi connectivity index (χ3n) is 1.25. The molecule has 0 aliphatic carbocycles. The molecule has 0 radical (unpaired) electrons. The average molecular weight is 204 g/mol. The molecule has 0 spiro atoms. The zero-order valence-electron chi connectivity index (χ0n) is 6.74. The van der Waals surface area contributed by atoms with Crippen LogP contribution in [-0.2, 0) is 4.74 Å². The number of aromatic nitrogens is 1. The van der Waals surface area contributed by atoms with Crippen LogP contribution in [0.3, 0.4) is 0 Å². The molecule has 13 heavy (non-hydrogen) atoms. The second kappa shape index (κ2) is 4.04. The fourth-order valence-electron chi connectivity index (χ4n) is 0.732. The highest BCUT2D eigenvalue weighted by Crippen LogP contribution is 2.10. The van der Waals surface area contributed by atoms with Crippen LogP contribution in [0.1, 0.15) is 27.8 Å². The number of carbonyl (C=O) groups is 2. The molecule has 0 saturated heterocycles. The Morgan fingerprint density at radius 2 is 2.38 bits per heavy atom. The summed E-state index contributed by atoms with van der Waals surface area (Å²) in [7, 11) is 0. The van der Waals surface area contributed by atoms with Gasteiger partial charge in [-0.15, -0.1) is 0 Å². The zero-order chi connectivity index (χ0) is 9.84. The summed E-state index contributed by atoms with van der Waals surface area (Å²) in [5.74, 6) is -0.673. The monoisotopic (exact) mass is 203 g/mol. The minimum absolute atomic E-state index is 0.0538. The summed E-state index contributed by atoms with van der Waals surface area (Å²) in [6.45, 7) is 1.85. The number of rotatable bonds is 3. The summed E-state index contributed by atoms with van der Waals surface area (Å²) in [6.07, 6.45) is 1.02. The van der Waals surface area contributed by atoms with Gasteiger partial charge in [0.15, 0.2) is 5.69 Å². The maximum Gasteiger partial charge on any atom is 0.343 e. The Morgan fingerprint density at radius 1 is 1.69 bits per heavy atom. The van der Waals surface area contributed by atoms with Gasteiger partial charge >= 0.3 is 5.97 Å². The molecule has 70 valence electrons. The van der Waals surface area contributed by atoms with Gasteiger partial charge in [-0.25, -0.2) is 4.79 Å². The van der Waals surface area contributed by atoms with Crippen molar-refractivity contribution in [3.8, 4) is 0 Å². The van der Waals surface area contributed by atoms with Crippen LogP contribution in [0.5, 0.6) is 0 Å². The van der Waals surface area contributed by atoms with Crippen LogP contribution in [-0.4, -0.2) is 23.0 Å². The second-order valence-corrected chi connectivity index (χ2v) is 2.41. The van der Waals surface area contributed by atoms with Gasteiger partial charge in [-0.05, 0) is 18.5 Å². The van der Waals surface area contributed by atoms with Crippen LogP contribution in [0.4, 0.5) is 0 Å². The molecule has 0 aliphatic heterocycles. The number of esters is 1. The Kier molecular flexibility index (Phi) is 3.02. The molecular formula is C7H6ClNO4. The highest BCUT2D eigenvalue weighted by molar-refractivity contribution is 6.67. The van der Waals surface area contributed by atoms with E-state index in [1.54, 1.807) is 6.92 Å². The fourth-order valence-corrected chi connectivity index (χ4v) is 0.868. The van der Waals surface area contributed by atoms with Crippen LogP contribution >= 0.6 is 11.6 Å². The first-order valence-electron chi connectivity index (χ1n) is 3.48. The lowest BCUT2D eigenvalue weighted by molar-refractivity contribution is 0.0523. The predicted molar refractivity (Wildman–Crippen MR) is 42.6 cm³/mol. The molecule has 0 saturated carbocycles. The van der Waals surface area contributed by atoms with E-state index in [9.17, 15) is 9.59 Å². The topological polar surface area (TPSA) is 69.4 Å². The zero-order valence-corrected chi connectivity index (χ0v) is 7.50. The number of hydrogen-bond donors (Lipinski definition) is 0. The van der Waals surface area contributed by atoms with Gasteiger partial charge in [0.2, 0.25) is 0 Å². The Morgan fingerprint density at radius 3 is 2.92 bits per heavy atom. The molecule has 1 aromatic rings. The van der Waals surface area contributed by atoms with E-state index in [2.05, 4.69) is 14.4 Å². The lowest BCUT2D eigenvalue weighted by Gasteiger charge is -1.97. The smallest absolute Gasteiger partial charge is 0.343 e. The molecule has 5 nitrogen and oxygen atoms in total. The van der Waals surface area contributed by atoms with E-state index in [1.165, 1.54) is 0 Å². The maximum atomic E-state index is 11.1. The van der Waals surface area contributed by atoms with Gasteiger partial charge in [-0.2, -0.15) is 0 Å². The van der Waals surface area contributed by atoms with Crippen molar-refractivity contribution in [2.75, 3.05) is 6.61 Å². The lowest BCUT2D eigenvalue weighted by atomic mass is 10.3. The first kappa shape index (κ1) is 9.73. The van der Waals surface area contributed by atoms with E-state index in [0.29, 0.717) is 0 Å². The van der Waals surface area contributed by atoms with Gasteiger partial charge in [-0.1, -0.05) is 5.16 Å². The highest BCUT2D eigenvalue weighted by atomic mass is 35.5. The van der Waals surface area contributed by atoms with Crippen molar-refractivity contribution in [2.24, 2.45) is 0 Å². The molecule has 1 rings (SSSR count). The number of hydrogen-bond acceptors (Lipinski definition) is 5. The first-order valence-corrected chi connectivity index (χ1v) is 3.86. The Hall–Kier alpha value is -1.36. The maximum absolute atomic E-state index is 11.1. The van der Waals surface area contributed by atoms with Crippen molar-refractivity contribution in [1.29, 1.82) is 0 Å². The molecule has 0 N–H and O–H groups in total. The second-order valence-electron chi connectivity index (χ2n) is 2.07. The molecule has 6 heteroatoms. The van der Waals surface area contributed by atoms with Gasteiger partial charge in [0, 0.05) is 0 Å². The quantitative estimate of drug-likeness (QED) is 0.546. The van der Waals surface area contributed by atoms with E-state index in [1.807, 2.05) is 0 Å². The lowest BCUT2D eigenvalue weighted by Crippen LogP contribution is -2.07. The molecule has 0 amide bonds. The van der Waals surface area contributed by atoms with Crippen molar-refractivity contribution in [3.05, 3.63) is 17.5 Å². The minimum atomic E-state index is -0.850. The van der Waals surface area contributed by atoms with Crippen molar-refractivity contribution in [3.63, 3.8) is 0 Å². The largest absolute Gasteiger partial charge is 0.462 e. The standard InChI is InChI=1S/C7H6ClNO4/c1-2-12-7(11)4-3-13-9-5(4)6(8)10/h3H,2H2,1H3. The van der Waals surface area contributed by atoms with E-state index in [-0.39, 0.29) is 17.9 Å². The minimum Gasteiger partial charge on any atom is -0.462 e. The van der Waals surface area contributed by atoms with Crippen molar-refractivity contribution < 1.29 is 18.8 Å². The van der Waals surface area contributed by atoms with E-state index in [4.69, 9.17) is 11.6 Å². The first-order chi connectivity index (χ1) is 6.16. The molecule has 0 fully saturated rings. The highest BCUT2D eigenvalue weighted by Gasteiger charge is 2.21. The SMILES string of the molecule is CCOC(=O)c1conc1C(=O)Cl. The molecule has 1 aromatic heterocycles. The predicted octanol–water partition coefficient (Wildman–Crippen LogP) is 1.23. The third kappa shape index (κ3) is 2.06. The summed E-state index contributed by atoms with van der Waals surface area (Å²) in [5, 5.41) is 2.41. The molecule has 0 atom stereocenters.